The first-order chi connectivity index (χ1) is 20.8. The molecule has 0 saturated heterocycles. The van der Waals surface area contributed by atoms with Gasteiger partial charge in [0.1, 0.15) is 5.75 Å². The first-order valence-electron chi connectivity index (χ1n) is 16.1. The summed E-state index contributed by atoms with van der Waals surface area (Å²) in [4.78, 5) is 15.8. The third-order valence-electron chi connectivity index (χ3n) is 11.2. The number of hydrogen-bond acceptors (Lipinski definition) is 7. The second-order valence-electron chi connectivity index (χ2n) is 14.2. The average Bonchev–Trinajstić information content (AvgIpc) is 3.10. The fraction of sp³-hybridized carbons (Fsp3) is 0.618. The van der Waals surface area contributed by atoms with Crippen LogP contribution in [0.4, 0.5) is 5.69 Å². The largest absolute Gasteiger partial charge is 0.490 e. The van der Waals surface area contributed by atoms with E-state index in [1.165, 1.54) is 11.1 Å². The van der Waals surface area contributed by atoms with E-state index in [-0.39, 0.29) is 34.8 Å². The van der Waals surface area contributed by atoms with Crippen molar-refractivity contribution in [3.63, 3.8) is 0 Å². The van der Waals surface area contributed by atoms with Crippen LogP contribution in [0.15, 0.2) is 36.4 Å². The molecule has 7 atom stereocenters. The summed E-state index contributed by atoms with van der Waals surface area (Å²) in [5, 5.41) is 15.2. The Hall–Kier alpha value is -2.33. The Bertz CT molecular complexity index is 1530. The zero-order valence-corrected chi connectivity index (χ0v) is 27.8. The molecule has 0 aromatic heterocycles. The first kappa shape index (κ1) is 31.6. The Morgan fingerprint density at radius 1 is 1.16 bits per heavy atom. The van der Waals surface area contributed by atoms with E-state index in [2.05, 4.69) is 27.1 Å². The molecule has 2 bridgehead atoms. The van der Waals surface area contributed by atoms with Gasteiger partial charge < -0.3 is 20.1 Å². The van der Waals surface area contributed by atoms with Crippen molar-refractivity contribution in [1.82, 2.24) is 10.0 Å². The standard InChI is InChI=1S/C34H46ClN3O5S/c1-21-14-27(36-4)17-33(3,40)28-10-7-25(28)18-38-19-34(13-5-6-23-15-26(35)9-11-29(23)34)20-43-31-12-8-24(16-30(31)38)32(39)37-44(41,42)22(21)2/h8-9,11-12,15-16,21-22,25,27-28,36,40H,5-7,10,13-14,17-20H2,1-4H3,(H,37,39)/t21-,22+,25-,27-,28+,33-,34-/m0/s1. The summed E-state index contributed by atoms with van der Waals surface area (Å²) in [6.45, 7) is 7.39. The first-order valence-corrected chi connectivity index (χ1v) is 18.0. The quantitative estimate of drug-likeness (QED) is 0.399. The molecule has 1 spiro atoms. The average molecular weight is 644 g/mol. The molecule has 4 aliphatic rings. The van der Waals surface area contributed by atoms with Crippen LogP contribution >= 0.6 is 11.6 Å². The summed E-state index contributed by atoms with van der Waals surface area (Å²) in [6.07, 6.45) is 6.01. The Balaban J connectivity index is 1.43. The SMILES string of the molecule is CN[C@H]1C[C@H](C)[C@@H](C)S(=O)(=O)NC(=O)c2ccc3c(c2)N(C[C@@H]2CC[C@H]2[C@@](C)(O)C1)C[C@@]1(CCCc2cc(Cl)ccc21)CO3. The number of nitrogens with one attached hydrogen (secondary N) is 2. The molecule has 1 amide bonds. The summed E-state index contributed by atoms with van der Waals surface area (Å²) in [5.41, 5.74) is 2.40. The van der Waals surface area contributed by atoms with E-state index in [9.17, 15) is 18.3 Å². The molecule has 3 N–H and O–H groups in total. The fourth-order valence-corrected chi connectivity index (χ4v) is 9.81. The minimum atomic E-state index is -3.95. The summed E-state index contributed by atoms with van der Waals surface area (Å²) in [6, 6.07) is 11.4. The van der Waals surface area contributed by atoms with Gasteiger partial charge in [-0.2, -0.15) is 0 Å². The molecule has 10 heteroatoms. The van der Waals surface area contributed by atoms with Gasteiger partial charge in [-0.05, 0) is 125 Å². The molecule has 6 rings (SSSR count). The lowest BCUT2D eigenvalue weighted by Crippen LogP contribution is -2.53. The van der Waals surface area contributed by atoms with Crippen molar-refractivity contribution in [1.29, 1.82) is 0 Å². The molecule has 0 unspecified atom stereocenters. The Kier molecular flexibility index (Phi) is 8.48. The van der Waals surface area contributed by atoms with Crippen LogP contribution in [0.25, 0.3) is 0 Å². The molecule has 1 saturated carbocycles. The van der Waals surface area contributed by atoms with Gasteiger partial charge in [0.2, 0.25) is 10.0 Å². The molecular formula is C34H46ClN3O5S. The van der Waals surface area contributed by atoms with Crippen molar-refractivity contribution in [3.8, 4) is 5.75 Å². The minimum absolute atomic E-state index is 0.0674. The van der Waals surface area contributed by atoms with Crippen LogP contribution in [0, 0.1) is 17.8 Å². The molecule has 2 aromatic carbocycles. The maximum atomic E-state index is 13.5. The predicted octanol–water partition coefficient (Wildman–Crippen LogP) is 5.06. The molecule has 2 aromatic rings. The predicted molar refractivity (Wildman–Crippen MR) is 174 cm³/mol. The van der Waals surface area contributed by atoms with E-state index >= 15 is 0 Å². The number of aryl methyl sites for hydroxylation is 1. The maximum Gasteiger partial charge on any atom is 0.264 e. The third kappa shape index (κ3) is 5.85. The number of amides is 1. The molecule has 44 heavy (non-hydrogen) atoms. The van der Waals surface area contributed by atoms with Crippen LogP contribution in [0.2, 0.25) is 5.02 Å². The number of sulfonamides is 1. The third-order valence-corrected chi connectivity index (χ3v) is 13.4. The topological polar surface area (TPSA) is 108 Å². The van der Waals surface area contributed by atoms with Gasteiger partial charge in [-0.1, -0.05) is 24.6 Å². The maximum absolute atomic E-state index is 13.5. The highest BCUT2D eigenvalue weighted by atomic mass is 35.5. The number of nitrogens with zero attached hydrogens (tertiary/aromatic N) is 1. The number of anilines is 1. The normalized spacial score (nSPS) is 35.4. The highest BCUT2D eigenvalue weighted by molar-refractivity contribution is 7.90. The van der Waals surface area contributed by atoms with Gasteiger partial charge in [-0.15, -0.1) is 0 Å². The molecule has 1 fully saturated rings. The van der Waals surface area contributed by atoms with Gasteiger partial charge in [0.15, 0.2) is 0 Å². The Labute approximate surface area is 266 Å². The second kappa shape index (κ2) is 11.8. The Morgan fingerprint density at radius 2 is 1.95 bits per heavy atom. The summed E-state index contributed by atoms with van der Waals surface area (Å²) in [7, 11) is -2.09. The molecular weight excluding hydrogens is 598 g/mol. The lowest BCUT2D eigenvalue weighted by Gasteiger charge is -2.49. The molecule has 2 aliphatic heterocycles. The van der Waals surface area contributed by atoms with Crippen molar-refractivity contribution in [2.75, 3.05) is 31.6 Å². The molecule has 0 radical (unpaired) electrons. The van der Waals surface area contributed by atoms with Gasteiger partial charge in [0.25, 0.3) is 5.91 Å². The van der Waals surface area contributed by atoms with Crippen LogP contribution < -0.4 is 19.7 Å². The lowest BCUT2D eigenvalue weighted by molar-refractivity contribution is -0.0790. The van der Waals surface area contributed by atoms with Crippen LogP contribution in [-0.2, 0) is 21.9 Å². The number of hydrogen-bond donors (Lipinski definition) is 3. The zero-order valence-electron chi connectivity index (χ0n) is 26.2. The van der Waals surface area contributed by atoms with E-state index in [0.29, 0.717) is 38.3 Å². The van der Waals surface area contributed by atoms with Crippen LogP contribution in [-0.4, -0.2) is 63.1 Å². The smallest absolute Gasteiger partial charge is 0.264 e. The van der Waals surface area contributed by atoms with E-state index in [4.69, 9.17) is 16.3 Å². The Morgan fingerprint density at radius 3 is 2.68 bits per heavy atom. The number of fused-ring (bicyclic) bond motifs is 4. The number of benzene rings is 2. The van der Waals surface area contributed by atoms with Crippen molar-refractivity contribution >= 4 is 33.2 Å². The van der Waals surface area contributed by atoms with E-state index in [1.807, 2.05) is 27.0 Å². The number of rotatable bonds is 1. The fourth-order valence-electron chi connectivity index (χ4n) is 8.33. The van der Waals surface area contributed by atoms with Crippen molar-refractivity contribution < 1.29 is 23.1 Å². The molecule has 2 heterocycles. The van der Waals surface area contributed by atoms with Crippen LogP contribution in [0.5, 0.6) is 5.75 Å². The van der Waals surface area contributed by atoms with Gasteiger partial charge in [0, 0.05) is 35.1 Å². The van der Waals surface area contributed by atoms with Gasteiger partial charge in [-0.3, -0.25) is 4.79 Å². The summed E-state index contributed by atoms with van der Waals surface area (Å²) >= 11 is 6.41. The monoisotopic (exact) mass is 643 g/mol. The van der Waals surface area contributed by atoms with Gasteiger partial charge in [-0.25, -0.2) is 13.1 Å². The van der Waals surface area contributed by atoms with Gasteiger partial charge >= 0.3 is 0 Å². The molecule has 240 valence electrons. The minimum Gasteiger partial charge on any atom is -0.490 e. The highest BCUT2D eigenvalue weighted by Gasteiger charge is 2.48. The van der Waals surface area contributed by atoms with Gasteiger partial charge in [0.05, 0.1) is 23.1 Å². The van der Waals surface area contributed by atoms with Crippen LogP contribution in [0.1, 0.15) is 80.8 Å². The summed E-state index contributed by atoms with van der Waals surface area (Å²) in [5.74, 6) is 0.184. The zero-order chi connectivity index (χ0) is 31.4. The number of halogens is 1. The van der Waals surface area contributed by atoms with E-state index in [1.54, 1.807) is 25.1 Å². The van der Waals surface area contributed by atoms with Crippen LogP contribution in [0.3, 0.4) is 0 Å². The number of carbonyl (C=O) groups is 1. The highest BCUT2D eigenvalue weighted by Crippen LogP contribution is 2.48. The number of carbonyl (C=O) groups excluding carboxylic acids is 1. The summed E-state index contributed by atoms with van der Waals surface area (Å²) < 4.78 is 35.7. The van der Waals surface area contributed by atoms with Crippen molar-refractivity contribution in [2.24, 2.45) is 17.8 Å². The van der Waals surface area contributed by atoms with E-state index < -0.39 is 26.8 Å². The number of aliphatic hydroxyl groups is 1. The molecule has 8 nitrogen and oxygen atoms in total. The van der Waals surface area contributed by atoms with Crippen molar-refractivity contribution in [3.05, 3.63) is 58.1 Å². The number of ether oxygens (including phenoxy) is 1. The molecule has 2 aliphatic carbocycles. The van der Waals surface area contributed by atoms with E-state index in [0.717, 1.165) is 42.8 Å². The lowest BCUT2D eigenvalue weighted by atomic mass is 9.63. The second-order valence-corrected chi connectivity index (χ2v) is 16.6. The van der Waals surface area contributed by atoms with Crippen molar-refractivity contribution in [2.45, 2.75) is 88.0 Å².